The van der Waals surface area contributed by atoms with Gasteiger partial charge in [0.25, 0.3) is 0 Å². The van der Waals surface area contributed by atoms with Crippen molar-refractivity contribution < 1.29 is 4.74 Å². The van der Waals surface area contributed by atoms with Crippen molar-refractivity contribution in [1.29, 1.82) is 0 Å². The van der Waals surface area contributed by atoms with Gasteiger partial charge in [-0.05, 0) is 51.3 Å². The van der Waals surface area contributed by atoms with Crippen LogP contribution >= 0.6 is 0 Å². The second kappa shape index (κ2) is 8.40. The van der Waals surface area contributed by atoms with Gasteiger partial charge in [-0.1, -0.05) is 6.07 Å². The third-order valence-electron chi connectivity index (χ3n) is 4.55. The van der Waals surface area contributed by atoms with Crippen LogP contribution < -0.4 is 0 Å². The molecule has 5 heteroatoms. The number of hydrogen-bond donors (Lipinski definition) is 0. The van der Waals surface area contributed by atoms with Crippen LogP contribution in [0.3, 0.4) is 0 Å². The van der Waals surface area contributed by atoms with E-state index in [0.29, 0.717) is 6.10 Å². The number of aryl methyl sites for hydroxylation is 3. The molecule has 1 fully saturated rings. The quantitative estimate of drug-likeness (QED) is 0.747. The standard InChI is InChI=1S/C19H28N4O/c1-16-13-17(2)23(21-16)11-6-10-22(15-19-8-5-12-24-19)14-18-7-3-4-9-20-18/h3-4,7,9,13,19H,5-6,8,10-12,14-15H2,1-2H3. The van der Waals surface area contributed by atoms with E-state index < -0.39 is 0 Å². The van der Waals surface area contributed by atoms with Crippen LogP contribution in [-0.4, -0.2) is 45.5 Å². The topological polar surface area (TPSA) is 43.2 Å². The lowest BCUT2D eigenvalue weighted by Gasteiger charge is -2.25. The van der Waals surface area contributed by atoms with E-state index in [1.807, 2.05) is 19.2 Å². The Balaban J connectivity index is 1.55. The molecule has 130 valence electrons. The Morgan fingerprint density at radius 2 is 2.25 bits per heavy atom. The first-order valence-electron chi connectivity index (χ1n) is 8.95. The fraction of sp³-hybridized carbons (Fsp3) is 0.579. The largest absolute Gasteiger partial charge is 0.377 e. The molecule has 3 heterocycles. The predicted molar refractivity (Wildman–Crippen MR) is 94.8 cm³/mol. The smallest absolute Gasteiger partial charge is 0.0702 e. The van der Waals surface area contributed by atoms with Gasteiger partial charge in [-0.15, -0.1) is 0 Å². The van der Waals surface area contributed by atoms with Crippen LogP contribution in [-0.2, 0) is 17.8 Å². The van der Waals surface area contributed by atoms with Crippen molar-refractivity contribution in [2.45, 2.75) is 52.3 Å². The van der Waals surface area contributed by atoms with Crippen LogP contribution in [0.25, 0.3) is 0 Å². The molecule has 1 unspecified atom stereocenters. The Morgan fingerprint density at radius 1 is 1.33 bits per heavy atom. The molecule has 0 bridgehead atoms. The Morgan fingerprint density at radius 3 is 2.92 bits per heavy atom. The fourth-order valence-electron chi connectivity index (χ4n) is 3.38. The lowest BCUT2D eigenvalue weighted by atomic mass is 10.2. The Bertz CT molecular complexity index is 620. The summed E-state index contributed by atoms with van der Waals surface area (Å²) in [6, 6.07) is 8.26. The summed E-state index contributed by atoms with van der Waals surface area (Å²) in [4.78, 5) is 6.95. The van der Waals surface area contributed by atoms with E-state index in [1.54, 1.807) is 0 Å². The van der Waals surface area contributed by atoms with Gasteiger partial charge in [0.15, 0.2) is 0 Å². The van der Waals surface area contributed by atoms with Gasteiger partial charge in [0.1, 0.15) is 0 Å². The van der Waals surface area contributed by atoms with E-state index >= 15 is 0 Å². The molecular formula is C19H28N4O. The van der Waals surface area contributed by atoms with E-state index in [4.69, 9.17) is 4.74 Å². The van der Waals surface area contributed by atoms with E-state index in [1.165, 1.54) is 18.5 Å². The average Bonchev–Trinajstić information content (AvgIpc) is 3.18. The number of rotatable bonds is 8. The van der Waals surface area contributed by atoms with Crippen LogP contribution in [0, 0.1) is 13.8 Å². The van der Waals surface area contributed by atoms with Gasteiger partial charge in [-0.25, -0.2) is 0 Å². The van der Waals surface area contributed by atoms with Gasteiger partial charge in [0, 0.05) is 44.7 Å². The summed E-state index contributed by atoms with van der Waals surface area (Å²) in [5.41, 5.74) is 3.46. The Labute approximate surface area is 144 Å². The SMILES string of the molecule is Cc1cc(C)n(CCCN(Cc2ccccn2)CC2CCCO2)n1. The van der Waals surface area contributed by atoms with Crippen molar-refractivity contribution >= 4 is 0 Å². The molecule has 0 N–H and O–H groups in total. The minimum atomic E-state index is 0.377. The van der Waals surface area contributed by atoms with Crippen molar-refractivity contribution in [1.82, 2.24) is 19.7 Å². The number of aromatic nitrogens is 3. The van der Waals surface area contributed by atoms with E-state index in [0.717, 1.165) is 50.6 Å². The van der Waals surface area contributed by atoms with Crippen molar-refractivity contribution in [3.63, 3.8) is 0 Å². The molecule has 1 saturated heterocycles. The first kappa shape index (κ1) is 17.1. The first-order chi connectivity index (χ1) is 11.7. The molecular weight excluding hydrogens is 300 g/mol. The third kappa shape index (κ3) is 4.89. The van der Waals surface area contributed by atoms with Gasteiger partial charge in [-0.3, -0.25) is 14.6 Å². The normalized spacial score (nSPS) is 17.7. The van der Waals surface area contributed by atoms with Gasteiger partial charge in [0.2, 0.25) is 0 Å². The molecule has 5 nitrogen and oxygen atoms in total. The number of pyridine rings is 1. The minimum Gasteiger partial charge on any atom is -0.377 e. The zero-order valence-electron chi connectivity index (χ0n) is 14.8. The number of ether oxygens (including phenoxy) is 1. The maximum absolute atomic E-state index is 5.83. The van der Waals surface area contributed by atoms with Gasteiger partial charge in [-0.2, -0.15) is 5.10 Å². The van der Waals surface area contributed by atoms with Gasteiger partial charge >= 0.3 is 0 Å². The molecule has 1 aliphatic heterocycles. The second-order valence-electron chi connectivity index (χ2n) is 6.70. The Kier molecular flexibility index (Phi) is 5.99. The lowest BCUT2D eigenvalue weighted by molar-refractivity contribution is 0.0692. The highest BCUT2D eigenvalue weighted by atomic mass is 16.5. The molecule has 0 spiro atoms. The summed E-state index contributed by atoms with van der Waals surface area (Å²) in [6.45, 7) is 8.96. The fourth-order valence-corrected chi connectivity index (χ4v) is 3.38. The zero-order valence-corrected chi connectivity index (χ0v) is 14.8. The van der Waals surface area contributed by atoms with Crippen LogP contribution in [0.4, 0.5) is 0 Å². The van der Waals surface area contributed by atoms with Gasteiger partial charge in [0.05, 0.1) is 17.5 Å². The molecule has 0 aliphatic carbocycles. The van der Waals surface area contributed by atoms with Crippen molar-refractivity contribution in [2.24, 2.45) is 0 Å². The van der Waals surface area contributed by atoms with E-state index in [-0.39, 0.29) is 0 Å². The molecule has 0 radical (unpaired) electrons. The van der Waals surface area contributed by atoms with Crippen molar-refractivity contribution in [3.8, 4) is 0 Å². The summed E-state index contributed by atoms with van der Waals surface area (Å²) >= 11 is 0. The maximum atomic E-state index is 5.83. The van der Waals surface area contributed by atoms with Crippen LogP contribution in [0.2, 0.25) is 0 Å². The van der Waals surface area contributed by atoms with Crippen LogP contribution in [0.1, 0.15) is 36.3 Å². The maximum Gasteiger partial charge on any atom is 0.0702 e. The number of hydrogen-bond acceptors (Lipinski definition) is 4. The summed E-state index contributed by atoms with van der Waals surface area (Å²) in [6.07, 6.45) is 5.70. The van der Waals surface area contributed by atoms with E-state index in [9.17, 15) is 0 Å². The van der Waals surface area contributed by atoms with Crippen LogP contribution in [0.15, 0.2) is 30.5 Å². The van der Waals surface area contributed by atoms with Crippen molar-refractivity contribution in [2.75, 3.05) is 19.7 Å². The minimum absolute atomic E-state index is 0.377. The molecule has 0 amide bonds. The highest BCUT2D eigenvalue weighted by Crippen LogP contribution is 2.15. The third-order valence-corrected chi connectivity index (χ3v) is 4.55. The van der Waals surface area contributed by atoms with Gasteiger partial charge < -0.3 is 4.74 Å². The Hall–Kier alpha value is -1.72. The molecule has 3 rings (SSSR count). The van der Waals surface area contributed by atoms with Crippen molar-refractivity contribution in [3.05, 3.63) is 47.5 Å². The summed E-state index contributed by atoms with van der Waals surface area (Å²) < 4.78 is 7.94. The summed E-state index contributed by atoms with van der Waals surface area (Å²) in [5, 5.41) is 4.56. The monoisotopic (exact) mass is 328 g/mol. The first-order valence-corrected chi connectivity index (χ1v) is 8.95. The average molecular weight is 328 g/mol. The molecule has 0 aromatic carbocycles. The summed E-state index contributed by atoms with van der Waals surface area (Å²) in [5.74, 6) is 0. The van der Waals surface area contributed by atoms with E-state index in [2.05, 4.69) is 44.8 Å². The predicted octanol–water partition coefficient (Wildman–Crippen LogP) is 2.97. The second-order valence-corrected chi connectivity index (χ2v) is 6.70. The molecule has 2 aromatic heterocycles. The molecule has 1 aliphatic rings. The molecule has 2 aromatic rings. The van der Waals surface area contributed by atoms with Crippen LogP contribution in [0.5, 0.6) is 0 Å². The lowest BCUT2D eigenvalue weighted by Crippen LogP contribution is -2.33. The molecule has 24 heavy (non-hydrogen) atoms. The summed E-state index contributed by atoms with van der Waals surface area (Å²) in [7, 11) is 0. The highest BCUT2D eigenvalue weighted by Gasteiger charge is 2.19. The number of nitrogens with zero attached hydrogens (tertiary/aromatic N) is 4. The zero-order chi connectivity index (χ0) is 16.8. The molecule has 1 atom stereocenters. The highest BCUT2D eigenvalue weighted by molar-refractivity contribution is 5.06. The molecule has 0 saturated carbocycles.